The van der Waals surface area contributed by atoms with Crippen molar-refractivity contribution in [2.75, 3.05) is 24.7 Å². The maximum absolute atomic E-state index is 14.3. The summed E-state index contributed by atoms with van der Waals surface area (Å²) in [5.74, 6) is -1.81. The number of anilines is 1. The maximum Gasteiger partial charge on any atom is 0.261 e. The SMILES string of the molecule is O=C(c1cccc(F)c1F)N(C/C=C/c1ccccc1)c1ccc2c(c1)OCCO2. The number of carbonyl (C=O) groups is 1. The van der Waals surface area contributed by atoms with Crippen LogP contribution in [0.15, 0.2) is 72.8 Å². The fourth-order valence-electron chi connectivity index (χ4n) is 3.18. The van der Waals surface area contributed by atoms with Crippen LogP contribution in [0.5, 0.6) is 11.5 Å². The summed E-state index contributed by atoms with van der Waals surface area (Å²) in [6, 6.07) is 18.2. The second-order valence-electron chi connectivity index (χ2n) is 6.66. The van der Waals surface area contributed by atoms with E-state index in [1.54, 1.807) is 24.3 Å². The molecule has 1 aliphatic rings. The molecule has 0 fully saturated rings. The largest absolute Gasteiger partial charge is 0.486 e. The lowest BCUT2D eigenvalue weighted by Crippen LogP contribution is -2.32. The maximum atomic E-state index is 14.3. The third-order valence-corrected chi connectivity index (χ3v) is 4.66. The molecule has 1 heterocycles. The lowest BCUT2D eigenvalue weighted by atomic mass is 10.1. The van der Waals surface area contributed by atoms with Crippen LogP contribution in [0.2, 0.25) is 0 Å². The van der Waals surface area contributed by atoms with Crippen molar-refractivity contribution in [3.8, 4) is 11.5 Å². The molecule has 0 bridgehead atoms. The number of benzene rings is 3. The number of nitrogens with zero attached hydrogens (tertiary/aromatic N) is 1. The lowest BCUT2D eigenvalue weighted by molar-refractivity contribution is 0.0984. The Morgan fingerprint density at radius 3 is 2.50 bits per heavy atom. The smallest absolute Gasteiger partial charge is 0.261 e. The summed E-state index contributed by atoms with van der Waals surface area (Å²) < 4.78 is 39.1. The van der Waals surface area contributed by atoms with Gasteiger partial charge in [-0.15, -0.1) is 0 Å². The van der Waals surface area contributed by atoms with E-state index in [1.165, 1.54) is 17.0 Å². The second-order valence-corrected chi connectivity index (χ2v) is 6.66. The van der Waals surface area contributed by atoms with Crippen molar-refractivity contribution in [2.45, 2.75) is 0 Å². The van der Waals surface area contributed by atoms with Crippen molar-refractivity contribution in [1.29, 1.82) is 0 Å². The zero-order valence-corrected chi connectivity index (χ0v) is 16.1. The topological polar surface area (TPSA) is 38.8 Å². The summed E-state index contributed by atoms with van der Waals surface area (Å²) >= 11 is 0. The van der Waals surface area contributed by atoms with Gasteiger partial charge in [0.25, 0.3) is 5.91 Å². The molecule has 152 valence electrons. The van der Waals surface area contributed by atoms with Crippen LogP contribution in [-0.4, -0.2) is 25.7 Å². The molecule has 0 unspecified atom stereocenters. The number of fused-ring (bicyclic) bond motifs is 1. The molecule has 4 rings (SSSR count). The Bertz CT molecular complexity index is 1080. The van der Waals surface area contributed by atoms with Crippen LogP contribution < -0.4 is 14.4 Å². The Morgan fingerprint density at radius 1 is 0.933 bits per heavy atom. The quantitative estimate of drug-likeness (QED) is 0.591. The summed E-state index contributed by atoms with van der Waals surface area (Å²) in [7, 11) is 0. The van der Waals surface area contributed by atoms with Gasteiger partial charge in [-0.3, -0.25) is 4.79 Å². The van der Waals surface area contributed by atoms with E-state index in [-0.39, 0.29) is 12.1 Å². The summed E-state index contributed by atoms with van der Waals surface area (Å²) in [5.41, 5.74) is 1.12. The molecule has 0 aliphatic carbocycles. The number of halogens is 2. The fraction of sp³-hybridized carbons (Fsp3) is 0.125. The number of rotatable bonds is 5. The molecule has 0 saturated heterocycles. The Balaban J connectivity index is 1.68. The number of hydrogen-bond acceptors (Lipinski definition) is 3. The zero-order valence-electron chi connectivity index (χ0n) is 16.1. The van der Waals surface area contributed by atoms with Gasteiger partial charge in [-0.2, -0.15) is 0 Å². The van der Waals surface area contributed by atoms with E-state index in [0.29, 0.717) is 30.4 Å². The van der Waals surface area contributed by atoms with Crippen molar-refractivity contribution in [1.82, 2.24) is 0 Å². The molecule has 1 aliphatic heterocycles. The van der Waals surface area contributed by atoms with Crippen LogP contribution in [0, 0.1) is 11.6 Å². The van der Waals surface area contributed by atoms with Crippen molar-refractivity contribution in [3.05, 3.63) is 95.6 Å². The van der Waals surface area contributed by atoms with E-state index in [4.69, 9.17) is 9.47 Å². The van der Waals surface area contributed by atoms with Crippen molar-refractivity contribution in [3.63, 3.8) is 0 Å². The summed E-state index contributed by atoms with van der Waals surface area (Å²) in [4.78, 5) is 14.5. The fourth-order valence-corrected chi connectivity index (χ4v) is 3.18. The van der Waals surface area contributed by atoms with Gasteiger partial charge >= 0.3 is 0 Å². The molecule has 0 aromatic heterocycles. The van der Waals surface area contributed by atoms with Gasteiger partial charge in [0.15, 0.2) is 23.1 Å². The van der Waals surface area contributed by atoms with Crippen molar-refractivity contribution >= 4 is 17.7 Å². The zero-order chi connectivity index (χ0) is 20.9. The Labute approximate surface area is 173 Å². The molecular weight excluding hydrogens is 388 g/mol. The number of ether oxygens (including phenoxy) is 2. The standard InChI is InChI=1S/C24H19F2NO3/c25-20-10-4-9-19(23(20)26)24(28)27(13-5-8-17-6-2-1-3-7-17)18-11-12-21-22(16-18)30-15-14-29-21/h1-12,16H,13-15H2/b8-5+. The minimum atomic E-state index is -1.17. The molecule has 0 spiro atoms. The predicted molar refractivity (Wildman–Crippen MR) is 111 cm³/mol. The highest BCUT2D eigenvalue weighted by Gasteiger charge is 2.23. The van der Waals surface area contributed by atoms with Gasteiger partial charge < -0.3 is 14.4 Å². The minimum absolute atomic E-state index is 0.156. The van der Waals surface area contributed by atoms with Crippen molar-refractivity contribution < 1.29 is 23.0 Å². The lowest BCUT2D eigenvalue weighted by Gasteiger charge is -2.25. The molecule has 3 aromatic carbocycles. The third kappa shape index (κ3) is 4.17. The Hall–Kier alpha value is -3.67. The van der Waals surface area contributed by atoms with Crippen LogP contribution in [0.3, 0.4) is 0 Å². The number of carbonyl (C=O) groups excluding carboxylic acids is 1. The average molecular weight is 407 g/mol. The van der Waals surface area contributed by atoms with Crippen LogP contribution in [0.4, 0.5) is 14.5 Å². The molecule has 30 heavy (non-hydrogen) atoms. The number of amides is 1. The van der Waals surface area contributed by atoms with E-state index >= 15 is 0 Å². The first kappa shape index (κ1) is 19.6. The van der Waals surface area contributed by atoms with Gasteiger partial charge in [0.2, 0.25) is 0 Å². The van der Waals surface area contributed by atoms with Crippen LogP contribution in [-0.2, 0) is 0 Å². The van der Waals surface area contributed by atoms with Gasteiger partial charge in [-0.05, 0) is 29.8 Å². The van der Waals surface area contributed by atoms with Crippen LogP contribution in [0.25, 0.3) is 6.08 Å². The van der Waals surface area contributed by atoms with Gasteiger partial charge in [-0.1, -0.05) is 48.6 Å². The molecule has 4 nitrogen and oxygen atoms in total. The van der Waals surface area contributed by atoms with Gasteiger partial charge in [0, 0.05) is 18.3 Å². The molecular formula is C24H19F2NO3. The van der Waals surface area contributed by atoms with Crippen molar-refractivity contribution in [2.24, 2.45) is 0 Å². The molecule has 0 radical (unpaired) electrons. The van der Waals surface area contributed by atoms with Gasteiger partial charge in [0.05, 0.1) is 5.56 Å². The summed E-state index contributed by atoms with van der Waals surface area (Å²) in [6.45, 7) is 1.00. The molecule has 0 saturated carbocycles. The number of hydrogen-bond donors (Lipinski definition) is 0. The first-order valence-corrected chi connectivity index (χ1v) is 9.50. The van der Waals surface area contributed by atoms with Crippen LogP contribution >= 0.6 is 0 Å². The highest BCUT2D eigenvalue weighted by molar-refractivity contribution is 6.06. The molecule has 1 amide bonds. The molecule has 0 atom stereocenters. The van der Waals surface area contributed by atoms with E-state index in [1.807, 2.05) is 36.4 Å². The monoisotopic (exact) mass is 407 g/mol. The Kier molecular flexibility index (Phi) is 5.75. The van der Waals surface area contributed by atoms with Gasteiger partial charge in [0.1, 0.15) is 13.2 Å². The minimum Gasteiger partial charge on any atom is -0.486 e. The highest BCUT2D eigenvalue weighted by Crippen LogP contribution is 2.34. The van der Waals surface area contributed by atoms with E-state index in [9.17, 15) is 13.6 Å². The highest BCUT2D eigenvalue weighted by atomic mass is 19.2. The van der Waals surface area contributed by atoms with E-state index < -0.39 is 17.5 Å². The first-order chi connectivity index (χ1) is 14.6. The second kappa shape index (κ2) is 8.78. The van der Waals surface area contributed by atoms with Crippen LogP contribution in [0.1, 0.15) is 15.9 Å². The molecule has 3 aromatic rings. The van der Waals surface area contributed by atoms with E-state index in [0.717, 1.165) is 11.6 Å². The van der Waals surface area contributed by atoms with E-state index in [2.05, 4.69) is 0 Å². The normalized spacial score (nSPS) is 12.7. The third-order valence-electron chi connectivity index (χ3n) is 4.66. The summed E-state index contributed by atoms with van der Waals surface area (Å²) in [5, 5.41) is 0. The Morgan fingerprint density at radius 2 is 1.70 bits per heavy atom. The summed E-state index contributed by atoms with van der Waals surface area (Å²) in [6.07, 6.45) is 3.65. The molecule has 6 heteroatoms. The first-order valence-electron chi connectivity index (χ1n) is 9.50. The van der Waals surface area contributed by atoms with Gasteiger partial charge in [-0.25, -0.2) is 8.78 Å². The average Bonchev–Trinajstić information content (AvgIpc) is 2.78. The predicted octanol–water partition coefficient (Wildman–Crippen LogP) is 5.10. The molecule has 0 N–H and O–H groups in total.